The van der Waals surface area contributed by atoms with Crippen molar-refractivity contribution < 1.29 is 4.52 Å². The number of fused-ring (bicyclic) bond motifs is 1. The van der Waals surface area contributed by atoms with Crippen LogP contribution in [0.3, 0.4) is 0 Å². The van der Waals surface area contributed by atoms with Crippen molar-refractivity contribution in [1.82, 2.24) is 29.9 Å². The van der Waals surface area contributed by atoms with Gasteiger partial charge in [-0.05, 0) is 0 Å². The van der Waals surface area contributed by atoms with Gasteiger partial charge in [0.15, 0.2) is 0 Å². The van der Waals surface area contributed by atoms with Gasteiger partial charge in [0.25, 0.3) is 0 Å². The summed E-state index contributed by atoms with van der Waals surface area (Å²) in [7, 11) is 1.92. The van der Waals surface area contributed by atoms with E-state index in [9.17, 15) is 0 Å². The topological polar surface area (TPSA) is 88.7 Å². The van der Waals surface area contributed by atoms with Crippen molar-refractivity contribution in [2.75, 3.05) is 11.4 Å². The summed E-state index contributed by atoms with van der Waals surface area (Å²) in [4.78, 5) is 14.4. The summed E-state index contributed by atoms with van der Waals surface area (Å²) >= 11 is 0. The predicted octanol–water partition coefficient (Wildman–Crippen LogP) is 2.35. The maximum Gasteiger partial charge on any atom is 0.324 e. The second-order valence-electron chi connectivity index (χ2n) is 6.41. The van der Waals surface area contributed by atoms with Crippen LogP contribution in [0.4, 0.5) is 6.01 Å². The molecule has 1 unspecified atom stereocenters. The van der Waals surface area contributed by atoms with Crippen LogP contribution in [-0.4, -0.2) is 36.4 Å². The van der Waals surface area contributed by atoms with Gasteiger partial charge < -0.3 is 14.4 Å². The van der Waals surface area contributed by atoms with Crippen molar-refractivity contribution in [1.29, 1.82) is 0 Å². The first-order valence-corrected chi connectivity index (χ1v) is 8.42. The molecule has 0 fully saturated rings. The first kappa shape index (κ1) is 14.9. The van der Waals surface area contributed by atoms with Gasteiger partial charge in [0.1, 0.15) is 0 Å². The number of nitrogens with one attached hydrogen (secondary N) is 1. The first-order valence-electron chi connectivity index (χ1n) is 8.42. The minimum Gasteiger partial charge on any atom is -0.347 e. The van der Waals surface area contributed by atoms with E-state index in [0.717, 1.165) is 22.5 Å². The van der Waals surface area contributed by atoms with E-state index in [1.807, 2.05) is 49.8 Å². The fourth-order valence-corrected chi connectivity index (χ4v) is 3.40. The Morgan fingerprint density at radius 1 is 1.23 bits per heavy atom. The maximum absolute atomic E-state index is 5.55. The van der Waals surface area contributed by atoms with Gasteiger partial charge in [-0.1, -0.05) is 35.5 Å². The molecule has 0 amide bonds. The van der Waals surface area contributed by atoms with Gasteiger partial charge in [0.2, 0.25) is 5.82 Å². The van der Waals surface area contributed by atoms with Gasteiger partial charge in [-0.3, -0.25) is 4.68 Å². The monoisotopic (exact) mass is 347 g/mol. The zero-order valence-electron chi connectivity index (χ0n) is 14.2. The second-order valence-corrected chi connectivity index (χ2v) is 6.41. The molecule has 0 saturated heterocycles. The van der Waals surface area contributed by atoms with E-state index in [0.29, 0.717) is 24.9 Å². The van der Waals surface area contributed by atoms with Crippen molar-refractivity contribution in [2.45, 2.75) is 12.5 Å². The molecule has 1 aliphatic rings. The number of rotatable bonds is 3. The van der Waals surface area contributed by atoms with Crippen LogP contribution in [-0.2, 0) is 13.6 Å². The molecule has 1 aromatic carbocycles. The van der Waals surface area contributed by atoms with E-state index < -0.39 is 0 Å². The molecule has 3 aromatic heterocycles. The highest BCUT2D eigenvalue weighted by Gasteiger charge is 2.32. The van der Waals surface area contributed by atoms with Crippen molar-refractivity contribution in [3.8, 4) is 11.4 Å². The van der Waals surface area contributed by atoms with Crippen molar-refractivity contribution >= 4 is 6.01 Å². The number of hydrogen-bond donors (Lipinski definition) is 1. The SMILES string of the molecule is Cn1cc(C2CN(c3nc(-c4ccccc4)no3)Cc3[nH]cnc32)cn1. The van der Waals surface area contributed by atoms with Gasteiger partial charge in [0.05, 0.1) is 30.5 Å². The molecule has 0 radical (unpaired) electrons. The summed E-state index contributed by atoms with van der Waals surface area (Å²) in [5.74, 6) is 0.694. The Balaban J connectivity index is 1.48. The molecule has 0 saturated carbocycles. The molecule has 0 aliphatic carbocycles. The first-order chi connectivity index (χ1) is 12.8. The maximum atomic E-state index is 5.55. The number of aromatic amines is 1. The van der Waals surface area contributed by atoms with Gasteiger partial charge in [-0.15, -0.1) is 0 Å². The summed E-state index contributed by atoms with van der Waals surface area (Å²) in [6.07, 6.45) is 5.65. The average molecular weight is 347 g/mol. The number of H-pyrrole nitrogens is 1. The predicted molar refractivity (Wildman–Crippen MR) is 94.4 cm³/mol. The van der Waals surface area contributed by atoms with Crippen LogP contribution in [0.5, 0.6) is 0 Å². The van der Waals surface area contributed by atoms with Crippen LogP contribution >= 0.6 is 0 Å². The molecule has 5 rings (SSSR count). The summed E-state index contributed by atoms with van der Waals surface area (Å²) in [5, 5.41) is 8.44. The molecule has 1 aliphatic heterocycles. The standard InChI is InChI=1S/C18H17N7O/c1-24-8-13(7-21-24)14-9-25(10-15-16(14)20-11-19-15)18-22-17(23-26-18)12-5-3-2-4-6-12/h2-8,11,14H,9-10H2,1H3,(H,19,20). The summed E-state index contributed by atoms with van der Waals surface area (Å²) in [6, 6.07) is 10.3. The van der Waals surface area contributed by atoms with E-state index in [2.05, 4.69) is 30.1 Å². The van der Waals surface area contributed by atoms with Gasteiger partial charge in [0, 0.05) is 36.8 Å². The molecule has 0 spiro atoms. The van der Waals surface area contributed by atoms with Crippen LogP contribution in [0.25, 0.3) is 11.4 Å². The Morgan fingerprint density at radius 2 is 2.12 bits per heavy atom. The third-order valence-corrected chi connectivity index (χ3v) is 4.68. The number of anilines is 1. The van der Waals surface area contributed by atoms with E-state index in [4.69, 9.17) is 4.52 Å². The minimum atomic E-state index is 0.103. The Labute approximate surface area is 149 Å². The molecular weight excluding hydrogens is 330 g/mol. The number of aryl methyl sites for hydroxylation is 1. The Bertz CT molecular complexity index is 1030. The van der Waals surface area contributed by atoms with Crippen molar-refractivity contribution in [2.24, 2.45) is 7.05 Å². The molecule has 4 aromatic rings. The zero-order valence-corrected chi connectivity index (χ0v) is 14.2. The molecule has 1 N–H and O–H groups in total. The lowest BCUT2D eigenvalue weighted by Gasteiger charge is -2.29. The lowest BCUT2D eigenvalue weighted by Crippen LogP contribution is -2.34. The highest BCUT2D eigenvalue weighted by atomic mass is 16.5. The number of aromatic nitrogens is 6. The Morgan fingerprint density at radius 3 is 2.92 bits per heavy atom. The lowest BCUT2D eigenvalue weighted by molar-refractivity contribution is 0.407. The fraction of sp³-hybridized carbons (Fsp3) is 0.222. The second kappa shape index (κ2) is 5.83. The minimum absolute atomic E-state index is 0.103. The molecule has 130 valence electrons. The molecule has 26 heavy (non-hydrogen) atoms. The number of imidazole rings is 1. The zero-order chi connectivity index (χ0) is 17.5. The molecular formula is C18H17N7O. The van der Waals surface area contributed by atoms with Crippen LogP contribution in [0.15, 0.2) is 53.6 Å². The van der Waals surface area contributed by atoms with Crippen LogP contribution in [0, 0.1) is 0 Å². The summed E-state index contributed by atoms with van der Waals surface area (Å²) in [6.45, 7) is 1.36. The summed E-state index contributed by atoms with van der Waals surface area (Å²) in [5.41, 5.74) is 4.17. The Hall–Kier alpha value is -3.42. The third kappa shape index (κ3) is 2.46. The molecule has 8 heteroatoms. The highest BCUT2D eigenvalue weighted by Crippen LogP contribution is 2.33. The largest absolute Gasteiger partial charge is 0.347 e. The summed E-state index contributed by atoms with van der Waals surface area (Å²) < 4.78 is 7.36. The normalized spacial score (nSPS) is 16.7. The van der Waals surface area contributed by atoms with Crippen LogP contribution in [0.1, 0.15) is 22.9 Å². The quantitative estimate of drug-likeness (QED) is 0.612. The van der Waals surface area contributed by atoms with Gasteiger partial charge in [-0.25, -0.2) is 4.98 Å². The molecule has 0 bridgehead atoms. The molecule has 8 nitrogen and oxygen atoms in total. The Kier molecular flexibility index (Phi) is 3.34. The lowest BCUT2D eigenvalue weighted by atomic mass is 9.93. The van der Waals surface area contributed by atoms with Crippen LogP contribution in [0.2, 0.25) is 0 Å². The number of nitrogens with zero attached hydrogens (tertiary/aromatic N) is 6. The fourth-order valence-electron chi connectivity index (χ4n) is 3.40. The third-order valence-electron chi connectivity index (χ3n) is 4.68. The van der Waals surface area contributed by atoms with Gasteiger partial charge in [-0.2, -0.15) is 10.1 Å². The average Bonchev–Trinajstić information content (AvgIpc) is 3.41. The van der Waals surface area contributed by atoms with E-state index >= 15 is 0 Å². The molecule has 1 atom stereocenters. The van der Waals surface area contributed by atoms with Gasteiger partial charge >= 0.3 is 6.01 Å². The smallest absolute Gasteiger partial charge is 0.324 e. The van der Waals surface area contributed by atoms with E-state index in [-0.39, 0.29) is 5.92 Å². The van der Waals surface area contributed by atoms with E-state index in [1.54, 1.807) is 11.0 Å². The highest BCUT2D eigenvalue weighted by molar-refractivity contribution is 5.55. The number of hydrogen-bond acceptors (Lipinski definition) is 6. The molecule has 4 heterocycles. The van der Waals surface area contributed by atoms with Crippen molar-refractivity contribution in [3.05, 3.63) is 66.0 Å². The number of benzene rings is 1. The van der Waals surface area contributed by atoms with E-state index in [1.165, 1.54) is 0 Å². The van der Waals surface area contributed by atoms with Crippen LogP contribution < -0.4 is 4.90 Å². The van der Waals surface area contributed by atoms with Crippen molar-refractivity contribution in [3.63, 3.8) is 0 Å².